The van der Waals surface area contributed by atoms with E-state index in [1.165, 1.54) is 0 Å². The summed E-state index contributed by atoms with van der Waals surface area (Å²) >= 11 is 0. The zero-order chi connectivity index (χ0) is 15.9. The number of carbonyl (C=O) groups excluding carboxylic acids is 1. The van der Waals surface area contributed by atoms with Crippen LogP contribution in [0.5, 0.6) is 5.75 Å². The quantitative estimate of drug-likeness (QED) is 0.841. The molecular formula is C18H23ClN2O2. The molecule has 0 spiro atoms. The minimum Gasteiger partial charge on any atom is -0.491 e. The van der Waals surface area contributed by atoms with E-state index in [4.69, 9.17) is 10.5 Å². The van der Waals surface area contributed by atoms with Crippen LogP contribution in [-0.4, -0.2) is 12.0 Å². The van der Waals surface area contributed by atoms with Crippen LogP contribution in [0.4, 0.5) is 5.69 Å². The van der Waals surface area contributed by atoms with E-state index >= 15 is 0 Å². The molecule has 2 rings (SSSR count). The Morgan fingerprint density at radius 2 is 1.70 bits per heavy atom. The maximum absolute atomic E-state index is 12.0. The van der Waals surface area contributed by atoms with Crippen LogP contribution < -0.4 is 15.8 Å². The van der Waals surface area contributed by atoms with E-state index in [0.717, 1.165) is 17.0 Å². The topological polar surface area (TPSA) is 64.3 Å². The van der Waals surface area contributed by atoms with E-state index in [-0.39, 0.29) is 36.9 Å². The summed E-state index contributed by atoms with van der Waals surface area (Å²) in [6.07, 6.45) is 0.373. The first kappa shape index (κ1) is 19.0. The molecule has 0 aliphatic rings. The number of anilines is 1. The van der Waals surface area contributed by atoms with E-state index in [2.05, 4.69) is 5.32 Å². The minimum atomic E-state index is -0.301. The molecule has 0 saturated carbocycles. The van der Waals surface area contributed by atoms with Gasteiger partial charge in [0.25, 0.3) is 0 Å². The Bertz CT molecular complexity index is 600. The number of halogens is 1. The third kappa shape index (κ3) is 6.30. The van der Waals surface area contributed by atoms with Gasteiger partial charge in [-0.25, -0.2) is 0 Å². The van der Waals surface area contributed by atoms with Crippen molar-refractivity contribution >= 4 is 24.0 Å². The number of nitrogens with one attached hydrogen (secondary N) is 1. The molecule has 0 aliphatic heterocycles. The van der Waals surface area contributed by atoms with E-state index in [0.29, 0.717) is 0 Å². The molecule has 0 aliphatic carbocycles. The number of nitrogens with two attached hydrogens (primary N) is 1. The van der Waals surface area contributed by atoms with Gasteiger partial charge in [0.15, 0.2) is 0 Å². The number of benzene rings is 2. The van der Waals surface area contributed by atoms with Crippen molar-refractivity contribution in [2.45, 2.75) is 32.4 Å². The molecule has 0 saturated heterocycles. The average Bonchev–Trinajstić information content (AvgIpc) is 2.49. The fraction of sp³-hybridized carbons (Fsp3) is 0.278. The molecule has 0 fully saturated rings. The maximum Gasteiger partial charge on any atom is 0.226 e. The van der Waals surface area contributed by atoms with Gasteiger partial charge < -0.3 is 15.8 Å². The highest BCUT2D eigenvalue weighted by atomic mass is 35.5. The Labute approximate surface area is 143 Å². The van der Waals surface area contributed by atoms with Gasteiger partial charge >= 0.3 is 0 Å². The normalized spacial score (nSPS) is 11.5. The van der Waals surface area contributed by atoms with Crippen LogP contribution in [0.25, 0.3) is 0 Å². The zero-order valence-corrected chi connectivity index (χ0v) is 14.2. The minimum absolute atomic E-state index is 0. The summed E-state index contributed by atoms with van der Waals surface area (Å²) in [6.45, 7) is 3.95. The largest absolute Gasteiger partial charge is 0.491 e. The lowest BCUT2D eigenvalue weighted by Crippen LogP contribution is -2.20. The Morgan fingerprint density at radius 3 is 2.26 bits per heavy atom. The first-order chi connectivity index (χ1) is 10.5. The molecule has 124 valence electrons. The summed E-state index contributed by atoms with van der Waals surface area (Å²) in [6, 6.07) is 16.6. The van der Waals surface area contributed by atoms with Crippen LogP contribution in [0.2, 0.25) is 0 Å². The Morgan fingerprint density at radius 1 is 1.09 bits per heavy atom. The summed E-state index contributed by atoms with van der Waals surface area (Å²) in [5, 5.41) is 2.85. The predicted octanol–water partition coefficient (Wildman–Crippen LogP) is 3.92. The Hall–Kier alpha value is -2.04. The van der Waals surface area contributed by atoms with Gasteiger partial charge in [0.05, 0.1) is 6.10 Å². The highest BCUT2D eigenvalue weighted by molar-refractivity contribution is 5.91. The smallest absolute Gasteiger partial charge is 0.226 e. The molecule has 0 bridgehead atoms. The van der Waals surface area contributed by atoms with E-state index in [1.54, 1.807) is 0 Å². The first-order valence-electron chi connectivity index (χ1n) is 7.41. The molecule has 3 N–H and O–H groups in total. The van der Waals surface area contributed by atoms with Crippen LogP contribution in [0.1, 0.15) is 31.9 Å². The number of amides is 1. The molecule has 0 heterocycles. The monoisotopic (exact) mass is 334 g/mol. The van der Waals surface area contributed by atoms with Crippen LogP contribution in [0, 0.1) is 0 Å². The third-order valence-corrected chi connectivity index (χ3v) is 3.14. The second-order valence-electron chi connectivity index (χ2n) is 5.46. The van der Waals surface area contributed by atoms with Crippen molar-refractivity contribution < 1.29 is 9.53 Å². The lowest BCUT2D eigenvalue weighted by molar-refractivity contribution is -0.116. The van der Waals surface area contributed by atoms with Crippen LogP contribution in [0.15, 0.2) is 54.6 Å². The van der Waals surface area contributed by atoms with E-state index in [1.807, 2.05) is 68.4 Å². The fourth-order valence-corrected chi connectivity index (χ4v) is 2.12. The summed E-state index contributed by atoms with van der Waals surface area (Å²) in [7, 11) is 0. The van der Waals surface area contributed by atoms with Crippen molar-refractivity contribution in [3.8, 4) is 5.75 Å². The van der Waals surface area contributed by atoms with E-state index < -0.39 is 0 Å². The number of hydrogen-bond acceptors (Lipinski definition) is 3. The van der Waals surface area contributed by atoms with Gasteiger partial charge in [-0.3, -0.25) is 4.79 Å². The fourth-order valence-electron chi connectivity index (χ4n) is 2.12. The van der Waals surface area contributed by atoms with Crippen LogP contribution >= 0.6 is 12.4 Å². The van der Waals surface area contributed by atoms with Crippen LogP contribution in [0.3, 0.4) is 0 Å². The number of ether oxygens (including phenoxy) is 1. The second kappa shape index (κ2) is 9.18. The van der Waals surface area contributed by atoms with Crippen molar-refractivity contribution in [2.75, 3.05) is 5.32 Å². The van der Waals surface area contributed by atoms with Gasteiger partial charge in [-0.15, -0.1) is 12.4 Å². The second-order valence-corrected chi connectivity index (χ2v) is 5.46. The summed E-state index contributed by atoms with van der Waals surface area (Å²) in [4.78, 5) is 12.0. The molecular weight excluding hydrogens is 312 g/mol. The van der Waals surface area contributed by atoms with Gasteiger partial charge in [-0.05, 0) is 43.7 Å². The van der Waals surface area contributed by atoms with Crippen molar-refractivity contribution in [3.05, 3.63) is 60.2 Å². The highest BCUT2D eigenvalue weighted by Gasteiger charge is 2.11. The molecule has 1 atom stereocenters. The summed E-state index contributed by atoms with van der Waals surface area (Å²) in [5.41, 5.74) is 7.74. The number of rotatable bonds is 6. The van der Waals surface area contributed by atoms with Gasteiger partial charge in [0.2, 0.25) is 5.91 Å². The summed E-state index contributed by atoms with van der Waals surface area (Å²) < 4.78 is 5.56. The number of carbonyl (C=O) groups is 1. The van der Waals surface area contributed by atoms with Crippen LogP contribution in [-0.2, 0) is 4.79 Å². The van der Waals surface area contributed by atoms with Gasteiger partial charge in [-0.1, -0.05) is 30.3 Å². The predicted molar refractivity (Wildman–Crippen MR) is 96.1 cm³/mol. The molecule has 0 aromatic heterocycles. The van der Waals surface area contributed by atoms with Crippen molar-refractivity contribution in [1.82, 2.24) is 0 Å². The SMILES string of the molecule is CC(C)Oc1ccc(NC(=O)CC(N)c2ccccc2)cc1.Cl. The van der Waals surface area contributed by atoms with Crippen molar-refractivity contribution in [3.63, 3.8) is 0 Å². The number of hydrogen-bond donors (Lipinski definition) is 2. The molecule has 1 unspecified atom stereocenters. The maximum atomic E-state index is 12.0. The molecule has 4 nitrogen and oxygen atoms in total. The lowest BCUT2D eigenvalue weighted by Gasteiger charge is -2.13. The van der Waals surface area contributed by atoms with Crippen molar-refractivity contribution in [1.29, 1.82) is 0 Å². The third-order valence-electron chi connectivity index (χ3n) is 3.14. The van der Waals surface area contributed by atoms with Gasteiger partial charge in [0, 0.05) is 18.2 Å². The van der Waals surface area contributed by atoms with E-state index in [9.17, 15) is 4.79 Å². The molecule has 0 radical (unpaired) electrons. The lowest BCUT2D eigenvalue weighted by atomic mass is 10.0. The Kier molecular flexibility index (Phi) is 7.59. The molecule has 2 aromatic rings. The molecule has 1 amide bonds. The molecule has 5 heteroatoms. The Balaban J connectivity index is 0.00000264. The summed E-state index contributed by atoms with van der Waals surface area (Å²) in [5.74, 6) is 0.683. The van der Waals surface area contributed by atoms with Gasteiger partial charge in [0.1, 0.15) is 5.75 Å². The van der Waals surface area contributed by atoms with Crippen molar-refractivity contribution in [2.24, 2.45) is 5.73 Å². The standard InChI is InChI=1S/C18H22N2O2.ClH/c1-13(2)22-16-10-8-15(9-11-16)20-18(21)12-17(19)14-6-4-3-5-7-14;/h3-11,13,17H,12,19H2,1-2H3,(H,20,21);1H. The molecule has 23 heavy (non-hydrogen) atoms. The zero-order valence-electron chi connectivity index (χ0n) is 13.4. The first-order valence-corrected chi connectivity index (χ1v) is 7.41. The highest BCUT2D eigenvalue weighted by Crippen LogP contribution is 2.18. The average molecular weight is 335 g/mol. The molecule has 2 aromatic carbocycles. The van der Waals surface area contributed by atoms with Gasteiger partial charge in [-0.2, -0.15) is 0 Å².